The molecule has 0 N–H and O–H groups in total. The van der Waals surface area contributed by atoms with Crippen LogP contribution in [0.4, 0.5) is 20.2 Å². The molecule has 0 bridgehead atoms. The molecule has 2 amide bonds. The highest BCUT2D eigenvalue weighted by Gasteiger charge is 2.32. The summed E-state index contributed by atoms with van der Waals surface area (Å²) >= 11 is 0. The van der Waals surface area contributed by atoms with Crippen molar-refractivity contribution in [2.75, 3.05) is 29.4 Å². The molecular weight excluding hydrogens is 604 g/mol. The van der Waals surface area contributed by atoms with Crippen LogP contribution in [-0.2, 0) is 16.0 Å². The highest BCUT2D eigenvalue weighted by molar-refractivity contribution is 5.94. The Morgan fingerprint density at radius 3 is 1.75 bits per heavy atom. The van der Waals surface area contributed by atoms with Crippen LogP contribution in [0.1, 0.15) is 91.0 Å². The number of carbonyl (C=O) groups is 2. The summed E-state index contributed by atoms with van der Waals surface area (Å²) in [5.41, 5.74) is 2.72. The molecule has 3 aromatic carbocycles. The number of amides is 2. The van der Waals surface area contributed by atoms with Crippen molar-refractivity contribution in [1.82, 2.24) is 4.90 Å². The highest BCUT2D eigenvalue weighted by Crippen LogP contribution is 2.32. The minimum absolute atomic E-state index is 0.0498. The number of benzene rings is 3. The SMILES string of the molecule is CCC(=O)N(c1cccc(F)c1)C(C)C1CCCCC1.CCC(=O)N(c1cccc(F)c1)C(C)C1CCCN(CCc2ccccc2)C1. The number of hydrogen-bond acceptors (Lipinski definition) is 3. The second kappa shape index (κ2) is 18.8. The summed E-state index contributed by atoms with van der Waals surface area (Å²) < 4.78 is 27.2. The summed E-state index contributed by atoms with van der Waals surface area (Å²) in [5.74, 6) is 0.470. The van der Waals surface area contributed by atoms with Crippen LogP contribution in [0.3, 0.4) is 0 Å². The third kappa shape index (κ3) is 10.5. The van der Waals surface area contributed by atoms with Gasteiger partial charge in [0.2, 0.25) is 11.8 Å². The smallest absolute Gasteiger partial charge is 0.226 e. The van der Waals surface area contributed by atoms with E-state index in [1.165, 1.54) is 61.9 Å². The molecule has 0 aromatic heterocycles. The first-order valence-electron chi connectivity index (χ1n) is 18.1. The summed E-state index contributed by atoms with van der Waals surface area (Å²) in [6.45, 7) is 11.1. The summed E-state index contributed by atoms with van der Waals surface area (Å²) in [6.07, 6.45) is 10.3. The normalized spacial score (nSPS) is 18.2. The summed E-state index contributed by atoms with van der Waals surface area (Å²) in [5, 5.41) is 0. The topological polar surface area (TPSA) is 43.9 Å². The first-order chi connectivity index (χ1) is 23.2. The fraction of sp³-hybridized carbons (Fsp3) is 0.512. The molecule has 1 aliphatic heterocycles. The van der Waals surface area contributed by atoms with E-state index in [2.05, 4.69) is 43.0 Å². The van der Waals surface area contributed by atoms with Crippen LogP contribution in [0.25, 0.3) is 0 Å². The minimum Gasteiger partial charge on any atom is -0.309 e. The monoisotopic (exact) mass is 659 g/mol. The van der Waals surface area contributed by atoms with E-state index in [0.717, 1.165) is 38.9 Å². The lowest BCUT2D eigenvalue weighted by molar-refractivity contribution is -0.119. The van der Waals surface area contributed by atoms with Gasteiger partial charge in [-0.3, -0.25) is 9.59 Å². The maximum atomic E-state index is 13.8. The lowest BCUT2D eigenvalue weighted by Crippen LogP contribution is -2.49. The fourth-order valence-corrected chi connectivity index (χ4v) is 7.46. The first kappa shape index (κ1) is 37.2. The van der Waals surface area contributed by atoms with Gasteiger partial charge in [0.1, 0.15) is 11.6 Å². The van der Waals surface area contributed by atoms with E-state index in [1.54, 1.807) is 17.0 Å². The molecule has 3 aromatic rings. The minimum atomic E-state index is -0.299. The fourth-order valence-electron chi connectivity index (χ4n) is 7.46. The lowest BCUT2D eigenvalue weighted by Gasteiger charge is -2.40. The molecule has 1 saturated heterocycles. The number of rotatable bonds is 11. The van der Waals surface area contributed by atoms with Crippen LogP contribution < -0.4 is 9.80 Å². The molecule has 5 nitrogen and oxygen atoms in total. The molecule has 3 unspecified atom stereocenters. The van der Waals surface area contributed by atoms with Gasteiger partial charge in [0.25, 0.3) is 0 Å². The standard InChI is InChI=1S/C24H31FN2O.C17H24FNO/c1-3-24(28)27(23-13-7-12-22(25)17-23)19(2)21-11-8-15-26(18-21)16-14-20-9-5-4-6-10-20;1-3-17(20)19(16-11-7-10-15(18)12-16)13(2)14-8-5-4-6-9-14/h4-7,9-10,12-13,17,19,21H,3,8,11,14-16,18H2,1-2H3;7,10-14H,3-6,8-9H2,1-2H3. The Morgan fingerprint density at radius 2 is 1.23 bits per heavy atom. The van der Waals surface area contributed by atoms with E-state index in [9.17, 15) is 18.4 Å². The second-order valence-electron chi connectivity index (χ2n) is 13.5. The summed E-state index contributed by atoms with van der Waals surface area (Å²) in [6, 6.07) is 23.6. The number of likely N-dealkylation sites (tertiary alicyclic amines) is 1. The second-order valence-corrected chi connectivity index (χ2v) is 13.5. The van der Waals surface area contributed by atoms with Gasteiger partial charge in [0.15, 0.2) is 0 Å². The van der Waals surface area contributed by atoms with Crippen molar-refractivity contribution in [3.05, 3.63) is 96.1 Å². The molecule has 1 saturated carbocycles. The number of hydrogen-bond donors (Lipinski definition) is 0. The molecule has 260 valence electrons. The Morgan fingerprint density at radius 1 is 0.708 bits per heavy atom. The van der Waals surface area contributed by atoms with E-state index < -0.39 is 0 Å². The van der Waals surface area contributed by atoms with Crippen molar-refractivity contribution in [2.45, 2.75) is 104 Å². The van der Waals surface area contributed by atoms with Gasteiger partial charge in [-0.05, 0) is 106 Å². The van der Waals surface area contributed by atoms with Gasteiger partial charge in [-0.15, -0.1) is 0 Å². The van der Waals surface area contributed by atoms with Gasteiger partial charge in [-0.25, -0.2) is 8.78 Å². The number of nitrogens with zero attached hydrogens (tertiary/aromatic N) is 3. The van der Waals surface area contributed by atoms with Gasteiger partial charge < -0.3 is 14.7 Å². The maximum Gasteiger partial charge on any atom is 0.226 e. The molecule has 2 fully saturated rings. The van der Waals surface area contributed by atoms with Gasteiger partial charge >= 0.3 is 0 Å². The molecule has 1 aliphatic carbocycles. The quantitative estimate of drug-likeness (QED) is 0.206. The van der Waals surface area contributed by atoms with Gasteiger partial charge in [0, 0.05) is 49.4 Å². The zero-order valence-corrected chi connectivity index (χ0v) is 29.4. The van der Waals surface area contributed by atoms with E-state index in [0.29, 0.717) is 36.1 Å². The Kier molecular flexibility index (Phi) is 14.6. The third-order valence-electron chi connectivity index (χ3n) is 10.2. The van der Waals surface area contributed by atoms with E-state index >= 15 is 0 Å². The van der Waals surface area contributed by atoms with Crippen LogP contribution in [0.5, 0.6) is 0 Å². The van der Waals surface area contributed by atoms with Gasteiger partial charge in [0.05, 0.1) is 0 Å². The lowest BCUT2D eigenvalue weighted by atomic mass is 9.83. The van der Waals surface area contributed by atoms with Gasteiger partial charge in [-0.1, -0.05) is 75.6 Å². The zero-order chi connectivity index (χ0) is 34.5. The van der Waals surface area contributed by atoms with Crippen molar-refractivity contribution in [3.63, 3.8) is 0 Å². The largest absolute Gasteiger partial charge is 0.309 e. The van der Waals surface area contributed by atoms with Crippen LogP contribution in [0.2, 0.25) is 0 Å². The molecule has 1 heterocycles. The molecule has 48 heavy (non-hydrogen) atoms. The number of anilines is 2. The molecule has 2 aliphatic rings. The Labute approximate surface area is 287 Å². The number of piperidine rings is 1. The summed E-state index contributed by atoms with van der Waals surface area (Å²) in [7, 11) is 0. The molecule has 0 radical (unpaired) electrons. The van der Waals surface area contributed by atoms with Crippen molar-refractivity contribution in [2.24, 2.45) is 11.8 Å². The van der Waals surface area contributed by atoms with Crippen LogP contribution in [0, 0.1) is 23.5 Å². The highest BCUT2D eigenvalue weighted by atomic mass is 19.1. The first-order valence-corrected chi connectivity index (χ1v) is 18.1. The summed E-state index contributed by atoms with van der Waals surface area (Å²) in [4.78, 5) is 31.1. The van der Waals surface area contributed by atoms with Crippen LogP contribution in [0.15, 0.2) is 78.9 Å². The average molecular weight is 660 g/mol. The van der Waals surface area contributed by atoms with Crippen LogP contribution in [-0.4, -0.2) is 48.4 Å². The van der Waals surface area contributed by atoms with Crippen molar-refractivity contribution < 1.29 is 18.4 Å². The third-order valence-corrected chi connectivity index (χ3v) is 10.2. The Bertz CT molecular complexity index is 1430. The van der Waals surface area contributed by atoms with Gasteiger partial charge in [-0.2, -0.15) is 0 Å². The van der Waals surface area contributed by atoms with Crippen molar-refractivity contribution in [1.29, 1.82) is 0 Å². The Hall–Kier alpha value is -3.58. The molecule has 5 rings (SSSR count). The average Bonchev–Trinajstić information content (AvgIpc) is 3.12. The van der Waals surface area contributed by atoms with Crippen molar-refractivity contribution >= 4 is 23.2 Å². The number of halogens is 2. The zero-order valence-electron chi connectivity index (χ0n) is 29.4. The van der Waals surface area contributed by atoms with Crippen LogP contribution >= 0.6 is 0 Å². The predicted molar refractivity (Wildman–Crippen MR) is 193 cm³/mol. The molecule has 7 heteroatoms. The molecule has 0 spiro atoms. The number of carbonyl (C=O) groups excluding carboxylic acids is 2. The maximum absolute atomic E-state index is 13.8. The van der Waals surface area contributed by atoms with E-state index in [4.69, 9.17) is 0 Å². The Balaban J connectivity index is 0.000000229. The van der Waals surface area contributed by atoms with E-state index in [-0.39, 0.29) is 35.5 Å². The van der Waals surface area contributed by atoms with Crippen molar-refractivity contribution in [3.8, 4) is 0 Å². The van der Waals surface area contributed by atoms with E-state index in [1.807, 2.05) is 36.9 Å². The predicted octanol–water partition coefficient (Wildman–Crippen LogP) is 9.45. The molecule has 3 atom stereocenters. The molecular formula is C41H55F2N3O2.